The van der Waals surface area contributed by atoms with Crippen molar-refractivity contribution in [1.82, 2.24) is 5.32 Å². The number of amides is 1. The first-order valence-corrected chi connectivity index (χ1v) is 20.9. The Balaban J connectivity index is 1.96. The molecule has 2 aromatic rings. The smallest absolute Gasteiger partial charge is 0.410 e. The number of nitrogens with one attached hydrogen (secondary N) is 1. The zero-order valence-electron chi connectivity index (χ0n) is 26.8. The SMILES string of the molecule is CCCC[Si](O)(OC)O[Si](CCCC)(OC)O[Si](O)(CCCNC(=O)Oc1ccc(C(C)(C)c2ccccc2)cc1)OC. The van der Waals surface area contributed by atoms with E-state index >= 15 is 0 Å². The van der Waals surface area contributed by atoms with Crippen LogP contribution in [0.1, 0.15) is 70.9 Å². The fourth-order valence-electron chi connectivity index (χ4n) is 4.58. The monoisotopic (exact) mass is 653 g/mol. The standard InChI is InChI=1S/C30H51NO9Si3/c1-8-10-23-41(33,35-5)39-43(37-7,25-11-9-2)40-42(34,36-6)24-15-22-31-29(32)38-28-20-18-27(19-21-28)30(3,4)26-16-13-12-14-17-26/h12-14,16-21,33-34H,8-11,15,22-25H2,1-7H3,(H,31,32). The first-order chi connectivity index (χ1) is 20.4. The summed E-state index contributed by atoms with van der Waals surface area (Å²) in [5.41, 5.74) is 2.10. The molecule has 0 spiro atoms. The maximum absolute atomic E-state index is 12.5. The molecule has 2 aromatic carbocycles. The van der Waals surface area contributed by atoms with Crippen LogP contribution >= 0.6 is 0 Å². The number of unbranched alkanes of at least 4 members (excludes halogenated alkanes) is 2. The number of hydrogen-bond acceptors (Lipinski definition) is 9. The van der Waals surface area contributed by atoms with Gasteiger partial charge in [0.05, 0.1) is 0 Å². The Bertz CT molecular complexity index is 1100. The molecule has 0 saturated heterocycles. The van der Waals surface area contributed by atoms with Gasteiger partial charge in [0.15, 0.2) is 0 Å². The third-order valence-electron chi connectivity index (χ3n) is 7.48. The van der Waals surface area contributed by atoms with Crippen molar-refractivity contribution in [2.45, 2.75) is 83.3 Å². The van der Waals surface area contributed by atoms with Crippen LogP contribution in [0.25, 0.3) is 0 Å². The molecule has 0 saturated carbocycles. The molecule has 0 aromatic heterocycles. The van der Waals surface area contributed by atoms with Gasteiger partial charge in [-0.25, -0.2) is 4.79 Å². The van der Waals surface area contributed by atoms with Crippen LogP contribution in [0.2, 0.25) is 18.1 Å². The lowest BCUT2D eigenvalue weighted by molar-refractivity contribution is 0.0865. The van der Waals surface area contributed by atoms with E-state index in [2.05, 4.69) is 31.3 Å². The largest absolute Gasteiger partial charge is 0.490 e. The molecule has 2 rings (SSSR count). The van der Waals surface area contributed by atoms with E-state index < -0.39 is 32.5 Å². The molecule has 0 radical (unpaired) electrons. The van der Waals surface area contributed by atoms with Crippen LogP contribution in [0.4, 0.5) is 4.79 Å². The normalized spacial score (nSPS) is 16.1. The van der Waals surface area contributed by atoms with Gasteiger partial charge in [-0.1, -0.05) is 83.0 Å². The minimum Gasteiger partial charge on any atom is -0.410 e. The Morgan fingerprint density at radius 3 is 1.77 bits per heavy atom. The Kier molecular flexibility index (Phi) is 15.2. The molecule has 0 bridgehead atoms. The van der Waals surface area contributed by atoms with E-state index in [4.69, 9.17) is 26.2 Å². The van der Waals surface area contributed by atoms with E-state index in [1.165, 1.54) is 26.9 Å². The van der Waals surface area contributed by atoms with Gasteiger partial charge in [-0.05, 0) is 42.5 Å². The Hall–Kier alpha value is -1.92. The van der Waals surface area contributed by atoms with Gasteiger partial charge in [0.2, 0.25) is 0 Å². The molecule has 0 aliphatic rings. The lowest BCUT2D eigenvalue weighted by Crippen LogP contribution is -2.62. The van der Waals surface area contributed by atoms with Crippen molar-refractivity contribution in [2.75, 3.05) is 27.9 Å². The molecule has 10 nitrogen and oxygen atoms in total. The summed E-state index contributed by atoms with van der Waals surface area (Å²) in [5, 5.41) is 2.71. The van der Waals surface area contributed by atoms with Crippen molar-refractivity contribution in [3.63, 3.8) is 0 Å². The summed E-state index contributed by atoms with van der Waals surface area (Å²) in [7, 11) is -6.70. The molecule has 43 heavy (non-hydrogen) atoms. The van der Waals surface area contributed by atoms with Gasteiger partial charge in [-0.2, -0.15) is 0 Å². The summed E-state index contributed by atoms with van der Waals surface area (Å²) < 4.78 is 34.5. The molecule has 13 heteroatoms. The molecular formula is C30H51NO9Si3. The molecule has 0 aliphatic heterocycles. The quantitative estimate of drug-likeness (QED) is 0.119. The fourth-order valence-corrected chi connectivity index (χ4v) is 14.8. The Morgan fingerprint density at radius 1 is 0.744 bits per heavy atom. The van der Waals surface area contributed by atoms with Crippen LogP contribution in [0, 0.1) is 0 Å². The highest BCUT2D eigenvalue weighted by Gasteiger charge is 2.55. The fraction of sp³-hybridized carbons (Fsp3) is 0.567. The zero-order chi connectivity index (χ0) is 32.0. The van der Waals surface area contributed by atoms with Gasteiger partial charge in [0.1, 0.15) is 5.75 Å². The van der Waals surface area contributed by atoms with Crippen molar-refractivity contribution in [2.24, 2.45) is 0 Å². The summed E-state index contributed by atoms with van der Waals surface area (Å²) in [6, 6.07) is 18.6. The summed E-state index contributed by atoms with van der Waals surface area (Å²) in [5.74, 6) is 0.429. The highest BCUT2D eigenvalue weighted by atomic mass is 28.5. The van der Waals surface area contributed by atoms with Crippen LogP contribution in [0.3, 0.4) is 0 Å². The maximum Gasteiger partial charge on any atom is 0.490 e. The average molecular weight is 654 g/mol. The first kappa shape index (κ1) is 37.3. The van der Waals surface area contributed by atoms with Crippen molar-refractivity contribution < 1.29 is 40.6 Å². The van der Waals surface area contributed by atoms with Crippen LogP contribution in [-0.2, 0) is 26.9 Å². The van der Waals surface area contributed by atoms with Crippen LogP contribution in [0.15, 0.2) is 54.6 Å². The summed E-state index contributed by atoms with van der Waals surface area (Å²) in [6.45, 7) is 8.57. The molecule has 0 heterocycles. The number of carbonyl (C=O) groups excluding carboxylic acids is 1. The zero-order valence-corrected chi connectivity index (χ0v) is 29.8. The molecule has 3 N–H and O–H groups in total. The third-order valence-corrected chi connectivity index (χ3v) is 17.4. The highest BCUT2D eigenvalue weighted by molar-refractivity contribution is 6.80. The first-order valence-electron chi connectivity index (χ1n) is 15.0. The second-order valence-corrected chi connectivity index (χ2v) is 19.6. The van der Waals surface area contributed by atoms with E-state index in [9.17, 15) is 14.4 Å². The number of carbonyl (C=O) groups is 1. The van der Waals surface area contributed by atoms with E-state index in [-0.39, 0.29) is 18.0 Å². The number of ether oxygens (including phenoxy) is 1. The van der Waals surface area contributed by atoms with Gasteiger partial charge in [0, 0.05) is 51.4 Å². The van der Waals surface area contributed by atoms with Gasteiger partial charge in [0.25, 0.3) is 0 Å². The molecule has 242 valence electrons. The maximum atomic E-state index is 12.5. The van der Waals surface area contributed by atoms with Crippen LogP contribution in [0.5, 0.6) is 5.75 Å². The number of benzene rings is 2. The van der Waals surface area contributed by atoms with Gasteiger partial charge >= 0.3 is 32.5 Å². The minimum absolute atomic E-state index is 0.141. The molecule has 3 unspecified atom stereocenters. The molecular weight excluding hydrogens is 603 g/mol. The minimum atomic E-state index is -3.80. The van der Waals surface area contributed by atoms with E-state index in [1.807, 2.05) is 44.2 Å². The summed E-state index contributed by atoms with van der Waals surface area (Å²) >= 11 is 0. The van der Waals surface area contributed by atoms with Crippen LogP contribution < -0.4 is 10.1 Å². The molecule has 0 fully saturated rings. The number of rotatable bonds is 20. The lowest BCUT2D eigenvalue weighted by atomic mass is 9.78. The Labute approximate surface area is 260 Å². The van der Waals surface area contributed by atoms with Gasteiger partial charge in [-0.15, -0.1) is 0 Å². The third kappa shape index (κ3) is 11.5. The van der Waals surface area contributed by atoms with Crippen molar-refractivity contribution in [1.29, 1.82) is 0 Å². The number of hydrogen-bond donors (Lipinski definition) is 3. The molecule has 0 aliphatic carbocycles. The van der Waals surface area contributed by atoms with Crippen molar-refractivity contribution in [3.05, 3.63) is 65.7 Å². The van der Waals surface area contributed by atoms with Crippen molar-refractivity contribution >= 4 is 32.5 Å². The highest BCUT2D eigenvalue weighted by Crippen LogP contribution is 2.32. The second-order valence-electron chi connectivity index (χ2n) is 11.1. The topological polar surface area (TPSA) is 125 Å². The van der Waals surface area contributed by atoms with Crippen molar-refractivity contribution in [3.8, 4) is 5.75 Å². The molecule has 3 atom stereocenters. The summed E-state index contributed by atoms with van der Waals surface area (Å²) in [6.07, 6.45) is 2.91. The second kappa shape index (κ2) is 17.5. The molecule has 1 amide bonds. The van der Waals surface area contributed by atoms with Gasteiger partial charge in [-0.3, -0.25) is 0 Å². The van der Waals surface area contributed by atoms with E-state index in [1.54, 1.807) is 12.1 Å². The van der Waals surface area contributed by atoms with E-state index in [0.29, 0.717) is 30.7 Å². The Morgan fingerprint density at radius 2 is 1.26 bits per heavy atom. The van der Waals surface area contributed by atoms with Crippen LogP contribution in [-0.4, -0.2) is 70.0 Å². The van der Waals surface area contributed by atoms with Gasteiger partial charge < -0.3 is 41.2 Å². The summed E-state index contributed by atoms with van der Waals surface area (Å²) in [4.78, 5) is 34.9. The predicted octanol–water partition coefficient (Wildman–Crippen LogP) is 5.86. The van der Waals surface area contributed by atoms with E-state index in [0.717, 1.165) is 24.8 Å². The average Bonchev–Trinajstić information content (AvgIpc) is 3.01. The predicted molar refractivity (Wildman–Crippen MR) is 173 cm³/mol. The lowest BCUT2D eigenvalue weighted by Gasteiger charge is -2.38.